The van der Waals surface area contributed by atoms with Crippen LogP contribution in [0, 0.1) is 5.82 Å². The number of nitrogens with zero attached hydrogens (tertiary/aromatic N) is 3. The Kier molecular flexibility index (Phi) is 6.05. The van der Waals surface area contributed by atoms with Gasteiger partial charge in [-0.2, -0.15) is 0 Å². The van der Waals surface area contributed by atoms with E-state index in [1.165, 1.54) is 36.0 Å². The minimum Gasteiger partial charge on any atom is -0.325 e. The molecule has 0 atom stereocenters. The first-order chi connectivity index (χ1) is 12.6. The Labute approximate surface area is 163 Å². The average Bonchev–Trinajstić information content (AvgIpc) is 3.05. The number of nitrogens with one attached hydrogen (secondary N) is 1. The van der Waals surface area contributed by atoms with Crippen LogP contribution < -0.4 is 5.32 Å². The highest BCUT2D eigenvalue weighted by molar-refractivity contribution is 9.10. The third-order valence-electron chi connectivity index (χ3n) is 3.60. The van der Waals surface area contributed by atoms with Crippen LogP contribution in [0.5, 0.6) is 0 Å². The second-order valence-electron chi connectivity index (χ2n) is 5.40. The van der Waals surface area contributed by atoms with E-state index in [0.717, 1.165) is 15.9 Å². The summed E-state index contributed by atoms with van der Waals surface area (Å²) in [5.74, 6) is 0.434. The van der Waals surface area contributed by atoms with Crippen molar-refractivity contribution in [3.05, 3.63) is 58.8 Å². The highest BCUT2D eigenvalue weighted by Gasteiger charge is 2.14. The van der Waals surface area contributed by atoms with Crippen molar-refractivity contribution in [2.24, 2.45) is 0 Å². The highest BCUT2D eigenvalue weighted by Crippen LogP contribution is 2.25. The molecule has 3 rings (SSSR count). The van der Waals surface area contributed by atoms with Gasteiger partial charge in [-0.1, -0.05) is 39.8 Å². The molecule has 1 aromatic heterocycles. The van der Waals surface area contributed by atoms with Crippen LogP contribution in [0.3, 0.4) is 0 Å². The predicted molar refractivity (Wildman–Crippen MR) is 105 cm³/mol. The summed E-state index contributed by atoms with van der Waals surface area (Å²) in [6.45, 7) is 2.70. The van der Waals surface area contributed by atoms with Crippen LogP contribution in [0.15, 0.2) is 58.2 Å². The molecule has 0 saturated heterocycles. The largest absolute Gasteiger partial charge is 0.325 e. The number of benzene rings is 2. The number of carbonyl (C=O) groups is 1. The quantitative estimate of drug-likeness (QED) is 0.575. The highest BCUT2D eigenvalue weighted by atomic mass is 79.9. The number of rotatable bonds is 6. The average molecular weight is 435 g/mol. The van der Waals surface area contributed by atoms with Crippen molar-refractivity contribution in [3.8, 4) is 11.4 Å². The Morgan fingerprint density at radius 2 is 1.85 bits per heavy atom. The summed E-state index contributed by atoms with van der Waals surface area (Å²) in [5.41, 5.74) is 1.52. The first-order valence-corrected chi connectivity index (χ1v) is 9.72. The number of anilines is 1. The summed E-state index contributed by atoms with van der Waals surface area (Å²) in [6, 6.07) is 13.5. The van der Waals surface area contributed by atoms with Crippen LogP contribution in [0.2, 0.25) is 0 Å². The maximum Gasteiger partial charge on any atom is 0.234 e. The van der Waals surface area contributed by atoms with Gasteiger partial charge >= 0.3 is 0 Å². The fourth-order valence-electron chi connectivity index (χ4n) is 2.35. The van der Waals surface area contributed by atoms with Crippen LogP contribution in [0.4, 0.5) is 10.1 Å². The molecule has 1 N–H and O–H groups in total. The van der Waals surface area contributed by atoms with Crippen molar-refractivity contribution >= 4 is 39.3 Å². The lowest BCUT2D eigenvalue weighted by Gasteiger charge is -2.08. The first kappa shape index (κ1) is 18.6. The molecule has 1 heterocycles. The normalized spacial score (nSPS) is 10.7. The Morgan fingerprint density at radius 3 is 2.50 bits per heavy atom. The summed E-state index contributed by atoms with van der Waals surface area (Å²) in [6.07, 6.45) is 0. The van der Waals surface area contributed by atoms with Crippen molar-refractivity contribution in [1.29, 1.82) is 0 Å². The van der Waals surface area contributed by atoms with Gasteiger partial charge in [0.2, 0.25) is 5.91 Å². The number of hydrogen-bond acceptors (Lipinski definition) is 4. The summed E-state index contributed by atoms with van der Waals surface area (Å²) in [5, 5.41) is 11.9. The molecule has 0 aliphatic rings. The van der Waals surface area contributed by atoms with Crippen LogP contribution >= 0.6 is 27.7 Å². The van der Waals surface area contributed by atoms with E-state index in [1.54, 1.807) is 0 Å². The number of halogens is 2. The molecule has 0 aliphatic carbocycles. The molecule has 3 aromatic rings. The van der Waals surface area contributed by atoms with Gasteiger partial charge in [0.05, 0.1) is 5.75 Å². The lowest BCUT2D eigenvalue weighted by atomic mass is 10.2. The fourth-order valence-corrected chi connectivity index (χ4v) is 3.42. The van der Waals surface area contributed by atoms with E-state index < -0.39 is 0 Å². The van der Waals surface area contributed by atoms with Crippen molar-refractivity contribution < 1.29 is 9.18 Å². The summed E-state index contributed by atoms with van der Waals surface area (Å²) < 4.78 is 15.9. The van der Waals surface area contributed by atoms with Crippen LogP contribution in [-0.4, -0.2) is 26.4 Å². The molecule has 0 fully saturated rings. The van der Waals surface area contributed by atoms with Crippen LogP contribution in [-0.2, 0) is 11.3 Å². The molecule has 8 heteroatoms. The SMILES string of the molecule is CCn1c(SCC(=O)Nc2ccc(F)cc2)nnc1-c1ccc(Br)cc1. The maximum atomic E-state index is 12.9. The van der Waals surface area contributed by atoms with Crippen molar-refractivity contribution in [3.63, 3.8) is 0 Å². The molecule has 0 spiro atoms. The molecule has 0 saturated carbocycles. The monoisotopic (exact) mass is 434 g/mol. The standard InChI is InChI=1S/C18H16BrFN4OS/c1-2-24-17(12-3-5-13(19)6-4-12)22-23-18(24)26-11-16(25)21-15-9-7-14(20)8-10-15/h3-10H,2,11H2,1H3,(H,21,25). The van der Waals surface area contributed by atoms with Crippen molar-refractivity contribution in [2.45, 2.75) is 18.6 Å². The second kappa shape index (κ2) is 8.46. The zero-order valence-electron chi connectivity index (χ0n) is 13.9. The zero-order valence-corrected chi connectivity index (χ0v) is 16.3. The van der Waals surface area contributed by atoms with Gasteiger partial charge in [-0.05, 0) is 43.3 Å². The van der Waals surface area contributed by atoms with E-state index in [-0.39, 0.29) is 17.5 Å². The topological polar surface area (TPSA) is 59.8 Å². The Bertz CT molecular complexity index is 897. The van der Waals surface area contributed by atoms with Gasteiger partial charge in [0.25, 0.3) is 0 Å². The van der Waals surface area contributed by atoms with Gasteiger partial charge in [0.15, 0.2) is 11.0 Å². The zero-order chi connectivity index (χ0) is 18.5. The minimum absolute atomic E-state index is 0.183. The molecule has 2 aromatic carbocycles. The van der Waals surface area contributed by atoms with Gasteiger partial charge in [-0.3, -0.25) is 4.79 Å². The van der Waals surface area contributed by atoms with E-state index >= 15 is 0 Å². The van der Waals surface area contributed by atoms with E-state index in [1.807, 2.05) is 35.8 Å². The van der Waals surface area contributed by atoms with Crippen LogP contribution in [0.1, 0.15) is 6.92 Å². The second-order valence-corrected chi connectivity index (χ2v) is 7.26. The van der Waals surface area contributed by atoms with Gasteiger partial charge in [0.1, 0.15) is 5.82 Å². The van der Waals surface area contributed by atoms with Gasteiger partial charge in [-0.15, -0.1) is 10.2 Å². The van der Waals surface area contributed by atoms with Gasteiger partial charge in [0, 0.05) is 22.3 Å². The molecule has 0 bridgehead atoms. The molecule has 5 nitrogen and oxygen atoms in total. The van der Waals surface area contributed by atoms with E-state index in [2.05, 4.69) is 31.4 Å². The summed E-state index contributed by atoms with van der Waals surface area (Å²) >= 11 is 4.73. The minimum atomic E-state index is -0.339. The van der Waals surface area contributed by atoms with Gasteiger partial charge in [-0.25, -0.2) is 4.39 Å². The number of amides is 1. The molecule has 0 unspecified atom stereocenters. The third kappa shape index (κ3) is 4.50. The number of carbonyl (C=O) groups excluding carboxylic acids is 1. The lowest BCUT2D eigenvalue weighted by Crippen LogP contribution is -2.14. The van der Waals surface area contributed by atoms with Gasteiger partial charge < -0.3 is 9.88 Å². The third-order valence-corrected chi connectivity index (χ3v) is 5.09. The molecule has 134 valence electrons. The molecule has 0 radical (unpaired) electrons. The number of hydrogen-bond donors (Lipinski definition) is 1. The summed E-state index contributed by atoms with van der Waals surface area (Å²) in [4.78, 5) is 12.1. The smallest absolute Gasteiger partial charge is 0.234 e. The maximum absolute atomic E-state index is 12.9. The molecular formula is C18H16BrFN4OS. The molecule has 0 aliphatic heterocycles. The first-order valence-electron chi connectivity index (χ1n) is 7.94. The van der Waals surface area contributed by atoms with Crippen molar-refractivity contribution in [2.75, 3.05) is 11.1 Å². The van der Waals surface area contributed by atoms with Crippen LogP contribution in [0.25, 0.3) is 11.4 Å². The Balaban J connectivity index is 1.67. The van der Waals surface area contributed by atoms with E-state index in [4.69, 9.17) is 0 Å². The van der Waals surface area contributed by atoms with Crippen molar-refractivity contribution in [1.82, 2.24) is 14.8 Å². The van der Waals surface area contributed by atoms with E-state index in [0.29, 0.717) is 17.4 Å². The lowest BCUT2D eigenvalue weighted by molar-refractivity contribution is -0.113. The Morgan fingerprint density at radius 1 is 1.15 bits per heavy atom. The number of aromatic nitrogens is 3. The Hall–Kier alpha value is -2.19. The summed E-state index contributed by atoms with van der Waals surface area (Å²) in [7, 11) is 0. The fraction of sp³-hybridized carbons (Fsp3) is 0.167. The van der Waals surface area contributed by atoms with E-state index in [9.17, 15) is 9.18 Å². The molecule has 26 heavy (non-hydrogen) atoms. The predicted octanol–water partition coefficient (Wildman–Crippen LogP) is 4.60. The number of thioether (sulfide) groups is 1. The molecular weight excluding hydrogens is 419 g/mol. The molecule has 1 amide bonds.